The lowest BCUT2D eigenvalue weighted by Gasteiger charge is -2.39. The number of ether oxygens (including phenoxy) is 1. The highest BCUT2D eigenvalue weighted by Crippen LogP contribution is 2.39. The highest BCUT2D eigenvalue weighted by atomic mass is 16.5. The van der Waals surface area contributed by atoms with E-state index in [-0.39, 0.29) is 36.2 Å². The zero-order valence-corrected chi connectivity index (χ0v) is 13.5. The molecule has 2 aliphatic carbocycles. The summed E-state index contributed by atoms with van der Waals surface area (Å²) in [6.45, 7) is 0.930. The van der Waals surface area contributed by atoms with E-state index >= 15 is 0 Å². The van der Waals surface area contributed by atoms with Crippen LogP contribution in [0.25, 0.3) is 0 Å². The molecule has 22 heavy (non-hydrogen) atoms. The molecule has 0 aromatic carbocycles. The van der Waals surface area contributed by atoms with Crippen LogP contribution in [-0.2, 0) is 4.74 Å². The Balaban J connectivity index is 1.48. The van der Waals surface area contributed by atoms with Crippen molar-refractivity contribution in [1.82, 2.24) is 10.6 Å². The van der Waals surface area contributed by atoms with Gasteiger partial charge in [-0.3, -0.25) is 0 Å². The van der Waals surface area contributed by atoms with Gasteiger partial charge in [0.25, 0.3) is 0 Å². The summed E-state index contributed by atoms with van der Waals surface area (Å²) in [7, 11) is 0. The number of aliphatic hydroxyl groups excluding tert-OH is 1. The molecule has 3 N–H and O–H groups in total. The number of rotatable bonds is 3. The van der Waals surface area contributed by atoms with Crippen LogP contribution in [0.15, 0.2) is 0 Å². The number of carbonyl (C=O) groups excluding carboxylic acids is 1. The summed E-state index contributed by atoms with van der Waals surface area (Å²) in [5.41, 5.74) is 0.0364. The number of hydrogen-bond acceptors (Lipinski definition) is 3. The topological polar surface area (TPSA) is 70.6 Å². The first-order valence-corrected chi connectivity index (χ1v) is 9.03. The molecule has 0 bridgehead atoms. The van der Waals surface area contributed by atoms with Crippen LogP contribution in [0.3, 0.4) is 0 Å². The van der Waals surface area contributed by atoms with E-state index < -0.39 is 0 Å². The smallest absolute Gasteiger partial charge is 0.315 e. The number of nitrogens with one attached hydrogen (secondary N) is 2. The second-order valence-corrected chi connectivity index (χ2v) is 7.38. The maximum absolute atomic E-state index is 12.3. The molecule has 0 aromatic rings. The third-order valence-electron chi connectivity index (χ3n) is 5.80. The molecule has 3 aliphatic rings. The fourth-order valence-corrected chi connectivity index (χ4v) is 4.53. The Hall–Kier alpha value is -0.810. The van der Waals surface area contributed by atoms with Gasteiger partial charge in [-0.25, -0.2) is 4.79 Å². The molecule has 0 aromatic heterocycles. The van der Waals surface area contributed by atoms with Crippen molar-refractivity contribution in [1.29, 1.82) is 0 Å². The molecule has 3 fully saturated rings. The maximum atomic E-state index is 12.3. The maximum Gasteiger partial charge on any atom is 0.315 e. The third kappa shape index (κ3) is 3.74. The molecular formula is C17H30N2O3. The van der Waals surface area contributed by atoms with Gasteiger partial charge in [-0.2, -0.15) is 0 Å². The summed E-state index contributed by atoms with van der Waals surface area (Å²) in [6, 6.07) is 0.285. The van der Waals surface area contributed by atoms with Gasteiger partial charge in [0.15, 0.2) is 0 Å². The van der Waals surface area contributed by atoms with Crippen LogP contribution in [0.4, 0.5) is 4.79 Å². The molecule has 1 saturated heterocycles. The van der Waals surface area contributed by atoms with Crippen LogP contribution in [-0.4, -0.2) is 42.0 Å². The van der Waals surface area contributed by atoms with Gasteiger partial charge in [-0.15, -0.1) is 0 Å². The lowest BCUT2D eigenvalue weighted by Crippen LogP contribution is -2.53. The van der Waals surface area contributed by atoms with E-state index in [0.717, 1.165) is 58.0 Å². The predicted molar refractivity (Wildman–Crippen MR) is 84.7 cm³/mol. The van der Waals surface area contributed by atoms with E-state index in [0.29, 0.717) is 0 Å². The lowest BCUT2D eigenvalue weighted by molar-refractivity contribution is -0.0820. The van der Waals surface area contributed by atoms with Crippen molar-refractivity contribution in [3.63, 3.8) is 0 Å². The van der Waals surface area contributed by atoms with E-state index in [9.17, 15) is 9.90 Å². The Morgan fingerprint density at radius 1 is 1.09 bits per heavy atom. The molecule has 1 aliphatic heterocycles. The summed E-state index contributed by atoms with van der Waals surface area (Å²) in [5, 5.41) is 15.7. The quantitative estimate of drug-likeness (QED) is 0.749. The summed E-state index contributed by atoms with van der Waals surface area (Å²) >= 11 is 0. The molecule has 5 nitrogen and oxygen atoms in total. The highest BCUT2D eigenvalue weighted by Gasteiger charge is 2.40. The zero-order chi connectivity index (χ0) is 15.4. The first-order chi connectivity index (χ1) is 10.7. The van der Waals surface area contributed by atoms with Crippen LogP contribution in [0.1, 0.15) is 64.2 Å². The molecule has 1 heterocycles. The van der Waals surface area contributed by atoms with Crippen molar-refractivity contribution >= 4 is 6.03 Å². The fraction of sp³-hybridized carbons (Fsp3) is 0.941. The van der Waals surface area contributed by atoms with Crippen molar-refractivity contribution in [3.8, 4) is 0 Å². The Kier molecular flexibility index (Phi) is 5.24. The van der Waals surface area contributed by atoms with Gasteiger partial charge in [-0.05, 0) is 38.5 Å². The molecular weight excluding hydrogens is 280 g/mol. The Morgan fingerprint density at radius 2 is 1.86 bits per heavy atom. The first-order valence-electron chi connectivity index (χ1n) is 9.03. The monoisotopic (exact) mass is 310 g/mol. The van der Waals surface area contributed by atoms with Gasteiger partial charge >= 0.3 is 6.03 Å². The molecule has 126 valence electrons. The van der Waals surface area contributed by atoms with Crippen molar-refractivity contribution in [3.05, 3.63) is 0 Å². The minimum atomic E-state index is -0.0644. The van der Waals surface area contributed by atoms with E-state index in [1.54, 1.807) is 0 Å². The summed E-state index contributed by atoms with van der Waals surface area (Å²) in [5.74, 6) is 0.218. The van der Waals surface area contributed by atoms with Crippen molar-refractivity contribution in [2.75, 3.05) is 13.2 Å². The van der Waals surface area contributed by atoms with Gasteiger partial charge in [0.05, 0.1) is 5.60 Å². The summed E-state index contributed by atoms with van der Waals surface area (Å²) < 4.78 is 6.02. The molecule has 2 saturated carbocycles. The van der Waals surface area contributed by atoms with Crippen molar-refractivity contribution in [2.45, 2.75) is 81.9 Å². The van der Waals surface area contributed by atoms with Crippen LogP contribution in [0, 0.1) is 5.92 Å². The summed E-state index contributed by atoms with van der Waals surface area (Å²) in [6.07, 6.45) is 10.9. The van der Waals surface area contributed by atoms with Gasteiger partial charge in [0.2, 0.25) is 0 Å². The number of carbonyl (C=O) groups is 1. The number of amides is 2. The second kappa shape index (κ2) is 7.18. The fourth-order valence-electron chi connectivity index (χ4n) is 4.53. The molecule has 1 spiro atoms. The van der Waals surface area contributed by atoms with Crippen LogP contribution in [0.5, 0.6) is 0 Å². The van der Waals surface area contributed by atoms with Crippen molar-refractivity contribution < 1.29 is 14.6 Å². The minimum Gasteiger partial charge on any atom is -0.396 e. The largest absolute Gasteiger partial charge is 0.396 e. The van der Waals surface area contributed by atoms with Gasteiger partial charge in [-0.1, -0.05) is 25.7 Å². The van der Waals surface area contributed by atoms with E-state index in [1.165, 1.54) is 12.8 Å². The first kappa shape index (κ1) is 16.1. The highest BCUT2D eigenvalue weighted by molar-refractivity contribution is 5.74. The normalized spacial score (nSPS) is 34.5. The molecule has 3 unspecified atom stereocenters. The van der Waals surface area contributed by atoms with Crippen molar-refractivity contribution in [2.24, 2.45) is 5.92 Å². The molecule has 5 heteroatoms. The third-order valence-corrected chi connectivity index (χ3v) is 5.80. The Bertz CT molecular complexity index is 382. The number of urea groups is 1. The van der Waals surface area contributed by atoms with Crippen LogP contribution < -0.4 is 10.6 Å². The Labute approximate surface area is 133 Å². The van der Waals surface area contributed by atoms with E-state index in [2.05, 4.69) is 10.6 Å². The average Bonchev–Trinajstić information content (AvgIpc) is 2.95. The molecule has 3 rings (SSSR count). The SMILES string of the molecule is O=C(NC1CCOC2(CCCC2)C1)NC1CCCCC1CO. The number of aliphatic hydroxyl groups is 1. The van der Waals surface area contributed by atoms with E-state index in [1.807, 2.05) is 0 Å². The van der Waals surface area contributed by atoms with Gasteiger partial charge < -0.3 is 20.5 Å². The van der Waals surface area contributed by atoms with E-state index in [4.69, 9.17) is 4.74 Å². The van der Waals surface area contributed by atoms with Gasteiger partial charge in [0.1, 0.15) is 0 Å². The predicted octanol–water partition coefficient (Wildman–Crippen LogP) is 2.33. The van der Waals surface area contributed by atoms with Gasteiger partial charge in [0, 0.05) is 31.2 Å². The standard InChI is InChI=1S/C17H30N2O3/c20-12-13-5-1-2-6-15(13)19-16(21)18-14-7-10-22-17(11-14)8-3-4-9-17/h13-15,20H,1-12H2,(H2,18,19,21). The minimum absolute atomic E-state index is 0.0364. The number of hydrogen-bond donors (Lipinski definition) is 3. The van der Waals surface area contributed by atoms with Crippen LogP contribution in [0.2, 0.25) is 0 Å². The molecule has 2 amide bonds. The molecule has 0 radical (unpaired) electrons. The summed E-state index contributed by atoms with van der Waals surface area (Å²) in [4.78, 5) is 12.3. The average molecular weight is 310 g/mol. The zero-order valence-electron chi connectivity index (χ0n) is 13.5. The van der Waals surface area contributed by atoms with Crippen LogP contribution >= 0.6 is 0 Å². The lowest BCUT2D eigenvalue weighted by atomic mass is 9.85. The second-order valence-electron chi connectivity index (χ2n) is 7.38. The molecule has 3 atom stereocenters. The Morgan fingerprint density at radius 3 is 2.64 bits per heavy atom.